The van der Waals surface area contributed by atoms with Crippen molar-refractivity contribution in [2.45, 2.75) is 104 Å². The lowest BCUT2D eigenvalue weighted by Crippen LogP contribution is -2.47. The maximum absolute atomic E-state index is 12.7. The van der Waals surface area contributed by atoms with E-state index in [2.05, 4.69) is 26.1 Å². The standard InChI is InChI=1S/C27H44N2O5/c1-5-8-15-28-27(32)29(22(6-2)7-3)16-17-33-23-13-10-14-24(18-23)34-19-21-12-9-11-20(4)25(21)26(30)31/h9,11-12,22-24H,5-8,10,13-19H2,1-4H3,(H,28,32)(H,30,31)/t23-,24+/m0/s1. The van der Waals surface area contributed by atoms with Crippen molar-refractivity contribution < 1.29 is 24.2 Å². The highest BCUT2D eigenvalue weighted by atomic mass is 16.5. The molecule has 2 atom stereocenters. The van der Waals surface area contributed by atoms with E-state index >= 15 is 0 Å². The van der Waals surface area contributed by atoms with E-state index in [0.29, 0.717) is 37.4 Å². The van der Waals surface area contributed by atoms with Crippen molar-refractivity contribution in [2.75, 3.05) is 19.7 Å². The molecule has 1 aromatic rings. The van der Waals surface area contributed by atoms with Crippen LogP contribution >= 0.6 is 0 Å². The van der Waals surface area contributed by atoms with Crippen LogP contribution in [-0.4, -0.2) is 60.0 Å². The first-order valence-corrected chi connectivity index (χ1v) is 13.0. The van der Waals surface area contributed by atoms with Crippen LogP contribution in [0, 0.1) is 6.92 Å². The number of ether oxygens (including phenoxy) is 2. The molecule has 7 heteroatoms. The summed E-state index contributed by atoms with van der Waals surface area (Å²) in [6.45, 7) is 10.3. The number of nitrogens with zero attached hydrogens (tertiary/aromatic N) is 1. The van der Waals surface area contributed by atoms with E-state index in [9.17, 15) is 14.7 Å². The number of carbonyl (C=O) groups is 2. The minimum absolute atomic E-state index is 0.00277. The molecule has 1 aromatic carbocycles. The number of amides is 2. The number of benzene rings is 1. The number of nitrogens with one attached hydrogen (secondary N) is 1. The number of carboxylic acids is 1. The summed E-state index contributed by atoms with van der Waals surface area (Å²) < 4.78 is 12.3. The molecule has 0 saturated heterocycles. The van der Waals surface area contributed by atoms with Crippen molar-refractivity contribution in [3.8, 4) is 0 Å². The van der Waals surface area contributed by atoms with Crippen molar-refractivity contribution in [2.24, 2.45) is 0 Å². The van der Waals surface area contributed by atoms with E-state index in [0.717, 1.165) is 56.9 Å². The molecule has 1 aliphatic carbocycles. The number of carbonyl (C=O) groups excluding carboxylic acids is 1. The Labute approximate surface area is 205 Å². The quantitative estimate of drug-likeness (QED) is 0.344. The Morgan fingerprint density at radius 3 is 2.50 bits per heavy atom. The molecular formula is C27H44N2O5. The lowest BCUT2D eigenvalue weighted by Gasteiger charge is -2.33. The van der Waals surface area contributed by atoms with Gasteiger partial charge in [0.25, 0.3) is 0 Å². The monoisotopic (exact) mass is 476 g/mol. The number of rotatable bonds is 14. The molecule has 2 rings (SSSR count). The Balaban J connectivity index is 1.85. The zero-order chi connectivity index (χ0) is 24.9. The summed E-state index contributed by atoms with van der Waals surface area (Å²) in [6, 6.07) is 5.73. The maximum Gasteiger partial charge on any atom is 0.336 e. The van der Waals surface area contributed by atoms with Crippen LogP contribution in [0.2, 0.25) is 0 Å². The van der Waals surface area contributed by atoms with Gasteiger partial charge in [0.2, 0.25) is 0 Å². The van der Waals surface area contributed by atoms with Crippen molar-refractivity contribution in [3.63, 3.8) is 0 Å². The Bertz CT molecular complexity index is 765. The van der Waals surface area contributed by atoms with E-state index in [1.807, 2.05) is 30.0 Å². The number of aromatic carboxylic acids is 1. The first-order valence-electron chi connectivity index (χ1n) is 13.0. The summed E-state index contributed by atoms with van der Waals surface area (Å²) in [4.78, 5) is 26.3. The van der Waals surface area contributed by atoms with E-state index in [-0.39, 0.29) is 24.3 Å². The smallest absolute Gasteiger partial charge is 0.336 e. The Kier molecular flexibility index (Phi) is 12.4. The summed E-state index contributed by atoms with van der Waals surface area (Å²) in [5, 5.41) is 12.6. The van der Waals surface area contributed by atoms with E-state index < -0.39 is 5.97 Å². The summed E-state index contributed by atoms with van der Waals surface area (Å²) in [5.74, 6) is -0.915. The molecule has 0 radical (unpaired) electrons. The van der Waals surface area contributed by atoms with Crippen LogP contribution in [0.15, 0.2) is 18.2 Å². The van der Waals surface area contributed by atoms with Gasteiger partial charge in [0.05, 0.1) is 31.0 Å². The molecule has 2 amide bonds. The van der Waals surface area contributed by atoms with E-state index in [1.165, 1.54) is 0 Å². The third-order valence-electron chi connectivity index (χ3n) is 6.76. The zero-order valence-electron chi connectivity index (χ0n) is 21.5. The van der Waals surface area contributed by atoms with Gasteiger partial charge in [0.15, 0.2) is 0 Å². The van der Waals surface area contributed by atoms with Crippen molar-refractivity contribution in [1.82, 2.24) is 10.2 Å². The molecule has 0 heterocycles. The fraction of sp³-hybridized carbons (Fsp3) is 0.704. The van der Waals surface area contributed by atoms with Gasteiger partial charge < -0.3 is 24.8 Å². The average molecular weight is 477 g/mol. The van der Waals surface area contributed by atoms with Crippen LogP contribution in [0.5, 0.6) is 0 Å². The molecule has 192 valence electrons. The molecule has 0 aliphatic heterocycles. The minimum atomic E-state index is -0.915. The Hall–Kier alpha value is -2.12. The number of aryl methyl sites for hydroxylation is 1. The largest absolute Gasteiger partial charge is 0.478 e. The molecule has 1 saturated carbocycles. The molecule has 34 heavy (non-hydrogen) atoms. The Morgan fingerprint density at radius 2 is 1.85 bits per heavy atom. The van der Waals surface area contributed by atoms with Gasteiger partial charge >= 0.3 is 12.0 Å². The van der Waals surface area contributed by atoms with E-state index in [4.69, 9.17) is 9.47 Å². The van der Waals surface area contributed by atoms with Crippen LogP contribution in [0.1, 0.15) is 93.6 Å². The molecule has 0 aromatic heterocycles. The summed E-state index contributed by atoms with van der Waals surface area (Å²) in [6.07, 6.45) is 7.79. The van der Waals surface area contributed by atoms with Gasteiger partial charge in [0, 0.05) is 19.1 Å². The number of urea groups is 1. The molecule has 0 spiro atoms. The van der Waals surface area contributed by atoms with Gasteiger partial charge in [-0.25, -0.2) is 9.59 Å². The highest BCUT2D eigenvalue weighted by Gasteiger charge is 2.25. The fourth-order valence-corrected chi connectivity index (χ4v) is 4.74. The number of hydrogen-bond acceptors (Lipinski definition) is 4. The van der Waals surface area contributed by atoms with Crippen molar-refractivity contribution in [3.05, 3.63) is 34.9 Å². The third kappa shape index (κ3) is 8.58. The molecule has 1 aliphatic rings. The van der Waals surface area contributed by atoms with Gasteiger partial charge in [-0.05, 0) is 63.0 Å². The summed E-state index contributed by atoms with van der Waals surface area (Å²) >= 11 is 0. The highest BCUT2D eigenvalue weighted by molar-refractivity contribution is 5.91. The summed E-state index contributed by atoms with van der Waals surface area (Å²) in [5.41, 5.74) is 1.80. The third-order valence-corrected chi connectivity index (χ3v) is 6.76. The van der Waals surface area contributed by atoms with Gasteiger partial charge in [-0.1, -0.05) is 45.4 Å². The van der Waals surface area contributed by atoms with Crippen LogP contribution in [0.4, 0.5) is 4.79 Å². The number of carboxylic acid groups (broad SMARTS) is 1. The van der Waals surface area contributed by atoms with Crippen LogP contribution in [-0.2, 0) is 16.1 Å². The van der Waals surface area contributed by atoms with Crippen LogP contribution < -0.4 is 5.32 Å². The first-order chi connectivity index (χ1) is 16.4. The normalized spacial score (nSPS) is 18.1. The second-order valence-electron chi connectivity index (χ2n) is 9.26. The highest BCUT2D eigenvalue weighted by Crippen LogP contribution is 2.25. The molecule has 0 unspecified atom stereocenters. The van der Waals surface area contributed by atoms with Gasteiger partial charge in [-0.15, -0.1) is 0 Å². The lowest BCUT2D eigenvalue weighted by atomic mass is 9.94. The lowest BCUT2D eigenvalue weighted by molar-refractivity contribution is -0.0535. The molecular weight excluding hydrogens is 432 g/mol. The van der Waals surface area contributed by atoms with E-state index in [1.54, 1.807) is 0 Å². The second-order valence-corrected chi connectivity index (χ2v) is 9.26. The molecule has 2 N–H and O–H groups in total. The van der Waals surface area contributed by atoms with Crippen LogP contribution in [0.25, 0.3) is 0 Å². The maximum atomic E-state index is 12.7. The first kappa shape index (κ1) is 28.1. The second kappa shape index (κ2) is 15.0. The number of hydrogen-bond donors (Lipinski definition) is 2. The molecule has 0 bridgehead atoms. The van der Waals surface area contributed by atoms with Crippen molar-refractivity contribution in [1.29, 1.82) is 0 Å². The molecule has 1 fully saturated rings. The number of unbranched alkanes of at least 4 members (excludes halogenated alkanes) is 1. The predicted molar refractivity (Wildman–Crippen MR) is 134 cm³/mol. The van der Waals surface area contributed by atoms with Gasteiger partial charge in [-0.3, -0.25) is 0 Å². The van der Waals surface area contributed by atoms with Gasteiger partial charge in [0.1, 0.15) is 0 Å². The SMILES string of the molecule is CCCCNC(=O)N(CCO[C@H]1CCC[C@@H](OCc2cccc(C)c2C(=O)O)C1)C(CC)CC. The topological polar surface area (TPSA) is 88.1 Å². The van der Waals surface area contributed by atoms with Gasteiger partial charge in [-0.2, -0.15) is 0 Å². The minimum Gasteiger partial charge on any atom is -0.478 e. The van der Waals surface area contributed by atoms with Crippen molar-refractivity contribution >= 4 is 12.0 Å². The summed E-state index contributed by atoms with van der Waals surface area (Å²) in [7, 11) is 0. The Morgan fingerprint density at radius 1 is 1.15 bits per heavy atom. The average Bonchev–Trinajstić information content (AvgIpc) is 2.82. The van der Waals surface area contributed by atoms with Crippen LogP contribution in [0.3, 0.4) is 0 Å². The molecule has 7 nitrogen and oxygen atoms in total. The fourth-order valence-electron chi connectivity index (χ4n) is 4.74. The zero-order valence-corrected chi connectivity index (χ0v) is 21.5. The predicted octanol–water partition coefficient (Wildman–Crippen LogP) is 5.54.